The lowest BCUT2D eigenvalue weighted by molar-refractivity contribution is -0.190. The number of carbonyl (C=O) groups excluding carboxylic acids is 3. The first-order chi connectivity index (χ1) is 17.7. The van der Waals surface area contributed by atoms with E-state index in [0.717, 1.165) is 0 Å². The van der Waals surface area contributed by atoms with Crippen LogP contribution in [0, 0.1) is 41.4 Å². The number of amides is 1. The third-order valence-corrected chi connectivity index (χ3v) is 9.91. The lowest BCUT2D eigenvalue weighted by atomic mass is 9.59. The van der Waals surface area contributed by atoms with E-state index in [0.29, 0.717) is 17.6 Å². The fourth-order valence-corrected chi connectivity index (χ4v) is 7.99. The summed E-state index contributed by atoms with van der Waals surface area (Å²) in [6, 6.07) is 4.99. The lowest BCUT2D eigenvalue weighted by Gasteiger charge is -2.48. The molecule has 4 aliphatic rings. The van der Waals surface area contributed by atoms with Crippen LogP contribution in [0.5, 0.6) is 0 Å². The van der Waals surface area contributed by atoms with Crippen molar-refractivity contribution in [3.63, 3.8) is 0 Å². The number of esters is 1. The fraction of sp³-hybridized carbons (Fsp3) is 0.567. The second kappa shape index (κ2) is 8.60. The number of Topliss-reactive ketones (excluding diaryl/α,β-unsaturated/α-hetero) is 1. The average molecular weight is 524 g/mol. The second-order valence-corrected chi connectivity index (χ2v) is 12.3. The van der Waals surface area contributed by atoms with Gasteiger partial charge in [-0.05, 0) is 66.2 Å². The first-order valence-electron chi connectivity index (χ1n) is 13.3. The molecule has 38 heavy (non-hydrogen) atoms. The highest BCUT2D eigenvalue weighted by Gasteiger charge is 2.76. The Hall–Kier alpha value is -2.81. The van der Waals surface area contributed by atoms with Gasteiger partial charge in [-0.25, -0.2) is 4.79 Å². The van der Waals surface area contributed by atoms with Crippen LogP contribution in [-0.4, -0.2) is 57.4 Å². The van der Waals surface area contributed by atoms with Crippen LogP contribution < -0.4 is 5.32 Å². The van der Waals surface area contributed by atoms with Crippen molar-refractivity contribution in [1.82, 2.24) is 0 Å². The molecule has 8 atom stereocenters. The van der Waals surface area contributed by atoms with Crippen LogP contribution in [0.4, 0.5) is 5.69 Å². The molecule has 0 heterocycles. The summed E-state index contributed by atoms with van der Waals surface area (Å²) >= 11 is 0. The van der Waals surface area contributed by atoms with Crippen molar-refractivity contribution in [2.45, 2.75) is 65.8 Å². The summed E-state index contributed by atoms with van der Waals surface area (Å²) in [7, 11) is 0. The monoisotopic (exact) mass is 523 g/mol. The van der Waals surface area contributed by atoms with Crippen LogP contribution in [0.1, 0.15) is 57.0 Å². The van der Waals surface area contributed by atoms with Gasteiger partial charge in [0.05, 0.1) is 23.3 Å². The maximum atomic E-state index is 14.4. The maximum absolute atomic E-state index is 14.4. The molecule has 2 bridgehead atoms. The number of aryl methyl sites for hydroxylation is 1. The van der Waals surface area contributed by atoms with E-state index in [2.05, 4.69) is 19.2 Å². The van der Waals surface area contributed by atoms with Gasteiger partial charge in [0, 0.05) is 12.8 Å². The van der Waals surface area contributed by atoms with E-state index in [4.69, 9.17) is 4.74 Å². The molecule has 4 aliphatic carbocycles. The molecule has 8 heteroatoms. The van der Waals surface area contributed by atoms with Crippen LogP contribution in [0.15, 0.2) is 41.5 Å². The van der Waals surface area contributed by atoms with Gasteiger partial charge in [-0.15, -0.1) is 0 Å². The Kier molecular flexibility index (Phi) is 6.06. The van der Waals surface area contributed by atoms with Crippen molar-refractivity contribution in [3.05, 3.63) is 52.6 Å². The van der Waals surface area contributed by atoms with Gasteiger partial charge >= 0.3 is 5.97 Å². The van der Waals surface area contributed by atoms with Crippen LogP contribution in [0.2, 0.25) is 0 Å². The Morgan fingerprint density at radius 1 is 1.21 bits per heavy atom. The predicted octanol–water partition coefficient (Wildman–Crippen LogP) is 2.95. The van der Waals surface area contributed by atoms with E-state index in [-0.39, 0.29) is 51.7 Å². The van der Waals surface area contributed by atoms with E-state index >= 15 is 0 Å². The molecule has 1 spiro atoms. The molecule has 0 unspecified atom stereocenters. The number of carbonyl (C=O) groups is 3. The Labute approximate surface area is 222 Å². The van der Waals surface area contributed by atoms with E-state index in [1.807, 2.05) is 6.92 Å². The summed E-state index contributed by atoms with van der Waals surface area (Å²) in [6.45, 7) is 10.4. The van der Waals surface area contributed by atoms with E-state index in [9.17, 15) is 29.7 Å². The van der Waals surface area contributed by atoms with Crippen molar-refractivity contribution < 1.29 is 34.4 Å². The Morgan fingerprint density at radius 3 is 2.53 bits per heavy atom. The Bertz CT molecular complexity index is 1300. The topological polar surface area (TPSA) is 133 Å². The van der Waals surface area contributed by atoms with Gasteiger partial charge in [-0.1, -0.05) is 45.1 Å². The summed E-state index contributed by atoms with van der Waals surface area (Å²) in [4.78, 5) is 39.8. The smallest absolute Gasteiger partial charge is 0.341 e. The van der Waals surface area contributed by atoms with Crippen molar-refractivity contribution in [3.8, 4) is 0 Å². The molecule has 4 N–H and O–H groups in total. The number of allylic oxidation sites excluding steroid dienone is 1. The molecule has 204 valence electrons. The van der Waals surface area contributed by atoms with E-state index in [1.54, 1.807) is 44.2 Å². The Morgan fingerprint density at radius 2 is 1.89 bits per heavy atom. The summed E-state index contributed by atoms with van der Waals surface area (Å²) < 4.78 is 5.98. The number of benzene rings is 1. The molecule has 5 rings (SSSR count). The lowest BCUT2D eigenvalue weighted by Crippen LogP contribution is -2.65. The third-order valence-electron chi connectivity index (χ3n) is 9.91. The number of rotatable bonds is 4. The molecule has 1 amide bonds. The number of aliphatic hydroxyl groups excluding tert-OH is 2. The first-order valence-corrected chi connectivity index (χ1v) is 13.3. The minimum atomic E-state index is -2.22. The maximum Gasteiger partial charge on any atom is 0.341 e. The summed E-state index contributed by atoms with van der Waals surface area (Å²) in [5.41, 5.74) is -2.23. The normalized spacial score (nSPS) is 38.6. The zero-order valence-electron chi connectivity index (χ0n) is 22.7. The number of ketones is 1. The van der Waals surface area contributed by atoms with Crippen molar-refractivity contribution in [2.24, 2.45) is 34.5 Å². The van der Waals surface area contributed by atoms with Gasteiger partial charge in [0.25, 0.3) is 0 Å². The van der Waals surface area contributed by atoms with Crippen molar-refractivity contribution in [1.29, 1.82) is 0 Å². The SMILES string of the molecule is CC(=O)Nc1cccc(C)c1C(=O)O[C@H]1C(C)=C[C@@]23C(=O)[C@@H](C=C(CO)[C@@H](O)[C@]12O)[C@H]1[C@@H](C[C@H]3C)C1(C)C. The van der Waals surface area contributed by atoms with E-state index in [1.165, 1.54) is 6.92 Å². The van der Waals surface area contributed by atoms with Crippen molar-refractivity contribution >= 4 is 23.3 Å². The number of nitrogens with one attached hydrogen (secondary N) is 1. The molecular weight excluding hydrogens is 486 g/mol. The molecule has 1 aromatic carbocycles. The zero-order valence-corrected chi connectivity index (χ0v) is 22.7. The molecule has 0 radical (unpaired) electrons. The highest BCUT2D eigenvalue weighted by atomic mass is 16.6. The van der Waals surface area contributed by atoms with Crippen LogP contribution >= 0.6 is 0 Å². The quantitative estimate of drug-likeness (QED) is 0.352. The summed E-state index contributed by atoms with van der Waals surface area (Å²) in [6.07, 6.45) is 1.03. The highest BCUT2D eigenvalue weighted by molar-refractivity contribution is 6.02. The number of aliphatic hydroxyl groups is 3. The molecule has 2 saturated carbocycles. The Balaban J connectivity index is 1.62. The van der Waals surface area contributed by atoms with Crippen LogP contribution in [-0.2, 0) is 14.3 Å². The van der Waals surface area contributed by atoms with Gasteiger partial charge in [0.15, 0.2) is 17.5 Å². The molecular formula is C30H37NO7. The largest absolute Gasteiger partial charge is 0.451 e. The fourth-order valence-electron chi connectivity index (χ4n) is 7.99. The van der Waals surface area contributed by atoms with Crippen LogP contribution in [0.3, 0.4) is 0 Å². The minimum Gasteiger partial charge on any atom is -0.451 e. The average Bonchev–Trinajstić information content (AvgIpc) is 3.32. The molecule has 8 nitrogen and oxygen atoms in total. The standard InChI is InChI=1S/C30H37NO7/c1-14-8-7-9-21(31-17(4)33)22(14)27(36)38-26-15(2)12-29-16(3)10-20-23(28(20,5)6)19(25(29)35)11-18(13-32)24(34)30(26,29)37/h7-9,11-12,16,19-20,23-24,26,32,34,37H,10,13H2,1-6H3,(H,31,33)/t16-,19+,20-,23+,24-,26+,29-,30+/m1/s1. The number of hydrogen-bond acceptors (Lipinski definition) is 7. The number of anilines is 1. The predicted molar refractivity (Wildman–Crippen MR) is 140 cm³/mol. The van der Waals surface area contributed by atoms with Gasteiger partial charge in [-0.2, -0.15) is 0 Å². The molecule has 0 saturated heterocycles. The summed E-state index contributed by atoms with van der Waals surface area (Å²) in [5.74, 6) is -2.00. The molecule has 0 aromatic heterocycles. The van der Waals surface area contributed by atoms with Gasteiger partial charge in [0.1, 0.15) is 6.10 Å². The van der Waals surface area contributed by atoms with Gasteiger partial charge in [0.2, 0.25) is 5.91 Å². The number of fused-ring (bicyclic) bond motifs is 3. The number of ether oxygens (including phenoxy) is 1. The number of hydrogen-bond donors (Lipinski definition) is 4. The third kappa shape index (κ3) is 3.36. The zero-order chi connectivity index (χ0) is 27.9. The van der Waals surface area contributed by atoms with Crippen LogP contribution in [0.25, 0.3) is 0 Å². The van der Waals surface area contributed by atoms with Gasteiger partial charge < -0.3 is 25.4 Å². The van der Waals surface area contributed by atoms with E-state index < -0.39 is 41.7 Å². The minimum absolute atomic E-state index is 0.0374. The molecule has 1 aromatic rings. The highest BCUT2D eigenvalue weighted by Crippen LogP contribution is 2.71. The van der Waals surface area contributed by atoms with Gasteiger partial charge in [-0.3, -0.25) is 9.59 Å². The first kappa shape index (κ1) is 26.8. The molecule has 0 aliphatic heterocycles. The molecule has 2 fully saturated rings. The summed E-state index contributed by atoms with van der Waals surface area (Å²) in [5, 5.41) is 37.1. The van der Waals surface area contributed by atoms with Crippen molar-refractivity contribution in [2.75, 3.05) is 11.9 Å². The second-order valence-electron chi connectivity index (χ2n) is 12.3.